The van der Waals surface area contributed by atoms with Crippen LogP contribution < -0.4 is 5.32 Å². The molecule has 6 nitrogen and oxygen atoms in total. The third-order valence-electron chi connectivity index (χ3n) is 4.48. The maximum Gasteiger partial charge on any atom is 0.251 e. The number of tetrazole rings is 1. The van der Waals surface area contributed by atoms with E-state index in [-0.39, 0.29) is 5.91 Å². The number of hydrogen-bond acceptors (Lipinski definition) is 4. The van der Waals surface area contributed by atoms with Crippen LogP contribution in [0.5, 0.6) is 0 Å². The molecule has 1 heterocycles. The number of nitrogens with one attached hydrogen (secondary N) is 1. The Kier molecular flexibility index (Phi) is 9.40. The summed E-state index contributed by atoms with van der Waals surface area (Å²) in [4.78, 5) is 12.2. The Labute approximate surface area is 156 Å². The molecule has 0 fully saturated rings. The Morgan fingerprint density at radius 3 is 2.38 bits per heavy atom. The summed E-state index contributed by atoms with van der Waals surface area (Å²) in [6.45, 7) is 2.97. The van der Waals surface area contributed by atoms with Gasteiger partial charge in [-0.25, -0.2) is 0 Å². The van der Waals surface area contributed by atoms with Gasteiger partial charge < -0.3 is 5.32 Å². The van der Waals surface area contributed by atoms with Crippen LogP contribution in [0.25, 0.3) is 5.69 Å². The molecular formula is C20H30N5O. The lowest BCUT2D eigenvalue weighted by Gasteiger charge is -2.07. The Bertz CT molecular complexity index is 627. The number of benzene rings is 1. The minimum absolute atomic E-state index is 0.0594. The van der Waals surface area contributed by atoms with Crippen molar-refractivity contribution in [2.24, 2.45) is 0 Å². The summed E-state index contributed by atoms with van der Waals surface area (Å²) in [5.41, 5.74) is 1.33. The number of carbonyl (C=O) groups excluding carboxylic acids is 1. The largest absolute Gasteiger partial charge is 0.352 e. The zero-order valence-corrected chi connectivity index (χ0v) is 15.8. The topological polar surface area (TPSA) is 72.7 Å². The van der Waals surface area contributed by atoms with Gasteiger partial charge in [0, 0.05) is 12.1 Å². The molecular weight excluding hydrogens is 326 g/mol. The smallest absolute Gasteiger partial charge is 0.251 e. The predicted octanol–water partition coefficient (Wildman–Crippen LogP) is 4.11. The summed E-state index contributed by atoms with van der Waals surface area (Å²) in [6, 6.07) is 7.22. The maximum atomic E-state index is 12.2. The van der Waals surface area contributed by atoms with E-state index < -0.39 is 0 Å². The van der Waals surface area contributed by atoms with E-state index in [1.165, 1.54) is 62.5 Å². The molecule has 2 rings (SSSR count). The molecule has 0 aliphatic carbocycles. The Hall–Kier alpha value is -2.24. The van der Waals surface area contributed by atoms with Crippen molar-refractivity contribution in [2.75, 3.05) is 6.54 Å². The van der Waals surface area contributed by atoms with E-state index in [9.17, 15) is 4.79 Å². The van der Waals surface area contributed by atoms with Crippen molar-refractivity contribution in [3.05, 3.63) is 36.2 Å². The third kappa shape index (κ3) is 7.33. The van der Waals surface area contributed by atoms with Crippen LogP contribution in [0.1, 0.15) is 81.5 Å². The SMILES string of the molecule is CCCCCCCCCCCCNC(=O)c1cccc(-n2[c]nnn2)c1. The average molecular weight is 356 g/mol. The van der Waals surface area contributed by atoms with Crippen LogP contribution in [0.4, 0.5) is 0 Å². The van der Waals surface area contributed by atoms with Gasteiger partial charge in [0.1, 0.15) is 0 Å². The highest BCUT2D eigenvalue weighted by atomic mass is 16.1. The number of rotatable bonds is 13. The molecule has 1 radical (unpaired) electrons. The molecule has 0 saturated heterocycles. The van der Waals surface area contributed by atoms with Crippen molar-refractivity contribution in [1.82, 2.24) is 25.5 Å². The van der Waals surface area contributed by atoms with E-state index in [0.29, 0.717) is 5.56 Å². The van der Waals surface area contributed by atoms with Gasteiger partial charge in [0.2, 0.25) is 6.33 Å². The Balaban J connectivity index is 1.56. The summed E-state index contributed by atoms with van der Waals surface area (Å²) in [5, 5.41) is 13.8. The quantitative estimate of drug-likeness (QED) is 0.548. The molecule has 1 aromatic carbocycles. The lowest BCUT2D eigenvalue weighted by Crippen LogP contribution is -2.24. The van der Waals surface area contributed by atoms with Crippen LogP contribution in [0.3, 0.4) is 0 Å². The summed E-state index contributed by atoms with van der Waals surface area (Å²) < 4.78 is 1.42. The van der Waals surface area contributed by atoms with Crippen molar-refractivity contribution in [1.29, 1.82) is 0 Å². The molecule has 2 aromatic rings. The molecule has 0 saturated carbocycles. The predicted molar refractivity (Wildman–Crippen MR) is 102 cm³/mol. The second-order valence-corrected chi connectivity index (χ2v) is 6.68. The summed E-state index contributed by atoms with van der Waals surface area (Å²) in [6.07, 6.45) is 15.6. The second kappa shape index (κ2) is 12.2. The first-order chi connectivity index (χ1) is 12.8. The number of amides is 1. The number of unbranched alkanes of at least 4 members (excludes halogenated alkanes) is 9. The minimum Gasteiger partial charge on any atom is -0.352 e. The van der Waals surface area contributed by atoms with Gasteiger partial charge in [0.15, 0.2) is 0 Å². The van der Waals surface area contributed by atoms with Crippen molar-refractivity contribution >= 4 is 5.91 Å². The number of aromatic nitrogens is 4. The van der Waals surface area contributed by atoms with Crippen molar-refractivity contribution in [3.63, 3.8) is 0 Å². The first-order valence-corrected chi connectivity index (χ1v) is 9.86. The first kappa shape index (κ1) is 20.1. The summed E-state index contributed by atoms with van der Waals surface area (Å²) in [7, 11) is 0. The van der Waals surface area contributed by atoms with Gasteiger partial charge in [0.05, 0.1) is 5.69 Å². The van der Waals surface area contributed by atoms with Gasteiger partial charge in [-0.3, -0.25) is 4.79 Å². The standard InChI is InChI=1S/C20H30N5O/c1-2-3-4-5-6-7-8-9-10-11-15-21-20(26)18-13-12-14-19(16-18)25-17-22-23-24-25/h12-14,16H,2-11,15H2,1H3,(H,21,26). The van der Waals surface area contributed by atoms with Gasteiger partial charge in [0.25, 0.3) is 5.91 Å². The first-order valence-electron chi connectivity index (χ1n) is 9.86. The lowest BCUT2D eigenvalue weighted by molar-refractivity contribution is 0.0953. The van der Waals surface area contributed by atoms with Gasteiger partial charge in [-0.15, -0.1) is 5.10 Å². The summed E-state index contributed by atoms with van der Waals surface area (Å²) >= 11 is 0. The normalized spacial score (nSPS) is 10.8. The van der Waals surface area contributed by atoms with Crippen molar-refractivity contribution < 1.29 is 4.79 Å². The number of carbonyl (C=O) groups is 1. The fourth-order valence-corrected chi connectivity index (χ4v) is 2.95. The zero-order valence-electron chi connectivity index (χ0n) is 15.8. The van der Waals surface area contributed by atoms with E-state index in [0.717, 1.165) is 18.7 Å². The monoisotopic (exact) mass is 356 g/mol. The van der Waals surface area contributed by atoms with Gasteiger partial charge >= 0.3 is 0 Å². The van der Waals surface area contributed by atoms with Crippen LogP contribution in [0.15, 0.2) is 24.3 Å². The van der Waals surface area contributed by atoms with Crippen LogP contribution in [-0.2, 0) is 0 Å². The van der Waals surface area contributed by atoms with Crippen molar-refractivity contribution in [3.8, 4) is 5.69 Å². The van der Waals surface area contributed by atoms with E-state index in [4.69, 9.17) is 0 Å². The molecule has 0 aliphatic rings. The van der Waals surface area contributed by atoms with Crippen LogP contribution in [0, 0.1) is 6.33 Å². The molecule has 0 spiro atoms. The molecule has 1 aromatic heterocycles. The molecule has 1 amide bonds. The van der Waals surface area contributed by atoms with E-state index >= 15 is 0 Å². The second-order valence-electron chi connectivity index (χ2n) is 6.68. The molecule has 141 valence electrons. The van der Waals surface area contributed by atoms with Crippen LogP contribution in [0.2, 0.25) is 0 Å². The highest BCUT2D eigenvalue weighted by Crippen LogP contribution is 2.11. The lowest BCUT2D eigenvalue weighted by atomic mass is 10.1. The molecule has 26 heavy (non-hydrogen) atoms. The summed E-state index contributed by atoms with van der Waals surface area (Å²) in [5.74, 6) is -0.0594. The maximum absolute atomic E-state index is 12.2. The molecule has 0 bridgehead atoms. The highest BCUT2D eigenvalue weighted by Gasteiger charge is 2.07. The Morgan fingerprint density at radius 2 is 1.73 bits per heavy atom. The Morgan fingerprint density at radius 1 is 1.04 bits per heavy atom. The van der Waals surface area contributed by atoms with Gasteiger partial charge in [-0.2, -0.15) is 4.68 Å². The molecule has 0 aliphatic heterocycles. The van der Waals surface area contributed by atoms with E-state index in [1.54, 1.807) is 12.1 Å². The fourth-order valence-electron chi connectivity index (χ4n) is 2.95. The van der Waals surface area contributed by atoms with E-state index in [2.05, 4.69) is 34.1 Å². The zero-order chi connectivity index (χ0) is 18.5. The number of nitrogens with zero attached hydrogens (tertiary/aromatic N) is 4. The van der Waals surface area contributed by atoms with Crippen molar-refractivity contribution in [2.45, 2.75) is 71.1 Å². The average Bonchev–Trinajstić information content (AvgIpc) is 3.21. The minimum atomic E-state index is -0.0594. The molecule has 0 unspecified atom stereocenters. The molecule has 6 heteroatoms. The fraction of sp³-hybridized carbons (Fsp3) is 0.600. The van der Waals surface area contributed by atoms with Gasteiger partial charge in [-0.1, -0.05) is 70.8 Å². The van der Waals surface area contributed by atoms with Gasteiger partial charge in [-0.05, 0) is 35.0 Å². The highest BCUT2D eigenvalue weighted by molar-refractivity contribution is 5.94. The molecule has 0 atom stereocenters. The van der Waals surface area contributed by atoms with Crippen LogP contribution >= 0.6 is 0 Å². The third-order valence-corrected chi connectivity index (χ3v) is 4.48. The van der Waals surface area contributed by atoms with Crippen LogP contribution in [-0.4, -0.2) is 32.7 Å². The van der Waals surface area contributed by atoms with E-state index in [1.807, 2.05) is 12.1 Å². The molecule has 1 N–H and O–H groups in total. The number of hydrogen-bond donors (Lipinski definition) is 1.